The fourth-order valence-electron chi connectivity index (χ4n) is 5.79. The van der Waals surface area contributed by atoms with Gasteiger partial charge in [-0.05, 0) is 81.8 Å². The van der Waals surface area contributed by atoms with E-state index >= 15 is 0 Å². The van der Waals surface area contributed by atoms with Crippen LogP contribution in [-0.2, 0) is 6.54 Å². The Labute approximate surface area is 164 Å². The second-order valence-corrected chi connectivity index (χ2v) is 8.76. The van der Waals surface area contributed by atoms with E-state index in [4.69, 9.17) is 0 Å². The van der Waals surface area contributed by atoms with Crippen LogP contribution in [0.5, 0.6) is 0 Å². The Bertz CT molecular complexity index is 1020. The van der Waals surface area contributed by atoms with Gasteiger partial charge in [0.2, 0.25) is 5.43 Å². The summed E-state index contributed by atoms with van der Waals surface area (Å²) in [6.45, 7) is 4.50. The highest BCUT2D eigenvalue weighted by atomic mass is 16.2. The van der Waals surface area contributed by atoms with Gasteiger partial charge < -0.3 is 4.57 Å². The Kier molecular flexibility index (Phi) is 4.11. The first-order valence-corrected chi connectivity index (χ1v) is 10.4. The molecule has 28 heavy (non-hydrogen) atoms. The molecule has 146 valence electrons. The van der Waals surface area contributed by atoms with E-state index in [1.54, 1.807) is 18.3 Å². The summed E-state index contributed by atoms with van der Waals surface area (Å²) in [6.07, 6.45) is 7.85. The van der Waals surface area contributed by atoms with Crippen molar-refractivity contribution in [1.82, 2.24) is 15.0 Å². The van der Waals surface area contributed by atoms with Gasteiger partial charge in [-0.1, -0.05) is 0 Å². The van der Waals surface area contributed by atoms with Crippen molar-refractivity contribution in [2.75, 3.05) is 0 Å². The minimum absolute atomic E-state index is 0.133. The van der Waals surface area contributed by atoms with Crippen LogP contribution in [0.4, 0.5) is 0 Å². The summed E-state index contributed by atoms with van der Waals surface area (Å²) >= 11 is 0. The predicted molar refractivity (Wildman–Crippen MR) is 108 cm³/mol. The lowest BCUT2D eigenvalue weighted by Crippen LogP contribution is -2.46. The van der Waals surface area contributed by atoms with Crippen molar-refractivity contribution >= 4 is 22.7 Å². The van der Waals surface area contributed by atoms with Gasteiger partial charge in [-0.25, -0.2) is 10.4 Å². The third-order valence-electron chi connectivity index (χ3n) is 6.91. The number of aryl methyl sites for hydroxylation is 2. The Morgan fingerprint density at radius 2 is 1.86 bits per heavy atom. The number of pyridine rings is 2. The second-order valence-electron chi connectivity index (χ2n) is 8.76. The van der Waals surface area contributed by atoms with E-state index in [2.05, 4.69) is 15.5 Å². The van der Waals surface area contributed by atoms with E-state index in [0.717, 1.165) is 23.2 Å². The Morgan fingerprint density at radius 1 is 1.18 bits per heavy atom. The van der Waals surface area contributed by atoms with Crippen molar-refractivity contribution < 1.29 is 4.79 Å². The van der Waals surface area contributed by atoms with Crippen molar-refractivity contribution in [1.29, 1.82) is 0 Å². The standard InChI is InChI=1S/C22H26N4O2/c1-3-26-11-18(20(27)17-5-4-12(2)23-21(17)26)22(28)25-24-19-15-7-13-6-14(9-15)10-16(19)8-13/h4-5,11,13-16H,3,6-10H2,1-2H3,(H,25,28). The molecule has 4 aliphatic carbocycles. The Morgan fingerprint density at radius 3 is 2.50 bits per heavy atom. The Balaban J connectivity index is 1.46. The Hall–Kier alpha value is -2.50. The van der Waals surface area contributed by atoms with Crippen LogP contribution in [0.3, 0.4) is 0 Å². The molecular formula is C22H26N4O2. The molecule has 2 aromatic heterocycles. The fourth-order valence-corrected chi connectivity index (χ4v) is 5.79. The number of rotatable bonds is 3. The van der Waals surface area contributed by atoms with Crippen molar-refractivity contribution in [3.05, 3.63) is 39.8 Å². The maximum atomic E-state index is 12.9. The van der Waals surface area contributed by atoms with E-state index in [1.165, 1.54) is 32.1 Å². The molecule has 0 atom stereocenters. The molecule has 1 N–H and O–H groups in total. The van der Waals surface area contributed by atoms with Gasteiger partial charge in [-0.15, -0.1) is 0 Å². The SMILES string of the molecule is CCn1cc(C(=O)NN=C2C3CC4CC(C3)CC2C4)c(=O)c2ccc(C)nc21. The maximum Gasteiger partial charge on any atom is 0.276 e. The number of hydrogen-bond acceptors (Lipinski definition) is 4. The zero-order valence-corrected chi connectivity index (χ0v) is 16.4. The summed E-state index contributed by atoms with van der Waals surface area (Å²) in [5.41, 5.74) is 5.19. The number of hydrazone groups is 1. The molecule has 0 radical (unpaired) electrons. The van der Waals surface area contributed by atoms with Gasteiger partial charge in [0, 0.05) is 24.1 Å². The van der Waals surface area contributed by atoms with Gasteiger partial charge in [0.15, 0.2) is 0 Å². The number of amides is 1. The van der Waals surface area contributed by atoms with Crippen LogP contribution in [0.2, 0.25) is 0 Å². The molecule has 0 aromatic carbocycles. The topological polar surface area (TPSA) is 76.3 Å². The molecule has 4 saturated carbocycles. The molecule has 6 heteroatoms. The number of fused-ring (bicyclic) bond motifs is 1. The van der Waals surface area contributed by atoms with Gasteiger partial charge in [0.25, 0.3) is 5.91 Å². The number of carbonyl (C=O) groups is 1. The van der Waals surface area contributed by atoms with Gasteiger partial charge in [-0.2, -0.15) is 5.10 Å². The lowest BCUT2D eigenvalue weighted by Gasteiger charge is -2.50. The van der Waals surface area contributed by atoms with E-state index in [-0.39, 0.29) is 11.0 Å². The van der Waals surface area contributed by atoms with E-state index in [1.807, 2.05) is 18.4 Å². The summed E-state index contributed by atoms with van der Waals surface area (Å²) in [4.78, 5) is 30.2. The highest BCUT2D eigenvalue weighted by Gasteiger charge is 2.46. The summed E-state index contributed by atoms with van der Waals surface area (Å²) in [6, 6.07) is 3.56. The van der Waals surface area contributed by atoms with Crippen LogP contribution in [0.15, 0.2) is 28.2 Å². The first-order chi connectivity index (χ1) is 13.5. The molecule has 0 aliphatic heterocycles. The highest BCUT2D eigenvalue weighted by molar-refractivity contribution is 5.98. The quantitative estimate of drug-likeness (QED) is 0.833. The molecule has 6 rings (SSSR count). The van der Waals surface area contributed by atoms with Crippen molar-refractivity contribution in [3.8, 4) is 0 Å². The van der Waals surface area contributed by atoms with Crippen LogP contribution in [0, 0.1) is 30.6 Å². The predicted octanol–water partition coefficient (Wildman–Crippen LogP) is 3.27. The van der Waals surface area contributed by atoms with Gasteiger partial charge in [0.1, 0.15) is 11.2 Å². The maximum absolute atomic E-state index is 12.9. The third kappa shape index (κ3) is 2.77. The molecular weight excluding hydrogens is 352 g/mol. The van der Waals surface area contributed by atoms with Crippen LogP contribution >= 0.6 is 0 Å². The van der Waals surface area contributed by atoms with Crippen molar-refractivity contribution in [2.24, 2.45) is 28.8 Å². The van der Waals surface area contributed by atoms with Gasteiger partial charge in [-0.3, -0.25) is 9.59 Å². The van der Waals surface area contributed by atoms with Gasteiger partial charge in [0.05, 0.1) is 5.39 Å². The van der Waals surface area contributed by atoms with E-state index in [9.17, 15) is 9.59 Å². The van der Waals surface area contributed by atoms with Crippen molar-refractivity contribution in [2.45, 2.75) is 52.5 Å². The minimum Gasteiger partial charge on any atom is -0.332 e. The molecule has 4 aliphatic rings. The zero-order valence-electron chi connectivity index (χ0n) is 16.4. The number of carbonyl (C=O) groups excluding carboxylic acids is 1. The normalized spacial score (nSPS) is 28.0. The summed E-state index contributed by atoms with van der Waals surface area (Å²) < 4.78 is 1.86. The molecule has 2 aromatic rings. The lowest BCUT2D eigenvalue weighted by molar-refractivity contribution is 0.0941. The average molecular weight is 378 g/mol. The van der Waals surface area contributed by atoms with Crippen molar-refractivity contribution in [3.63, 3.8) is 0 Å². The smallest absolute Gasteiger partial charge is 0.276 e. The largest absolute Gasteiger partial charge is 0.332 e. The first-order valence-electron chi connectivity index (χ1n) is 10.4. The fraction of sp³-hybridized carbons (Fsp3) is 0.545. The zero-order chi connectivity index (χ0) is 19.4. The molecule has 2 heterocycles. The van der Waals surface area contributed by atoms with Gasteiger partial charge >= 0.3 is 0 Å². The number of hydrogen-bond donors (Lipinski definition) is 1. The molecule has 1 amide bonds. The second kappa shape index (κ2) is 6.54. The molecule has 4 fully saturated rings. The van der Waals surface area contributed by atoms with E-state index in [0.29, 0.717) is 29.4 Å². The summed E-state index contributed by atoms with van der Waals surface area (Å²) in [5.74, 6) is 2.33. The lowest BCUT2D eigenvalue weighted by atomic mass is 9.55. The van der Waals surface area contributed by atoms with Crippen LogP contribution in [0.1, 0.15) is 55.1 Å². The minimum atomic E-state index is -0.420. The average Bonchev–Trinajstić information content (AvgIpc) is 2.67. The number of nitrogens with one attached hydrogen (secondary N) is 1. The van der Waals surface area contributed by atoms with E-state index < -0.39 is 5.91 Å². The summed E-state index contributed by atoms with van der Waals surface area (Å²) in [7, 11) is 0. The molecule has 0 spiro atoms. The van der Waals surface area contributed by atoms with Crippen LogP contribution in [0.25, 0.3) is 11.0 Å². The monoisotopic (exact) mass is 378 g/mol. The molecule has 0 saturated heterocycles. The summed E-state index contributed by atoms with van der Waals surface area (Å²) in [5, 5.41) is 5.02. The molecule has 6 nitrogen and oxygen atoms in total. The third-order valence-corrected chi connectivity index (χ3v) is 6.91. The molecule has 0 unspecified atom stereocenters. The number of aromatic nitrogens is 2. The molecule has 4 bridgehead atoms. The highest BCUT2D eigenvalue weighted by Crippen LogP contribution is 2.52. The van der Waals surface area contributed by atoms with Crippen LogP contribution < -0.4 is 10.9 Å². The number of nitrogens with zero attached hydrogens (tertiary/aromatic N) is 3. The first kappa shape index (κ1) is 17.6. The van der Waals surface area contributed by atoms with Crippen LogP contribution in [-0.4, -0.2) is 21.2 Å².